The number of morpholine rings is 1. The summed E-state index contributed by atoms with van der Waals surface area (Å²) in [6.45, 7) is 7.18. The lowest BCUT2D eigenvalue weighted by molar-refractivity contribution is -0.0747. The Kier molecular flexibility index (Phi) is 4.54. The van der Waals surface area contributed by atoms with Gasteiger partial charge >= 0.3 is 0 Å². The molecule has 1 atom stereocenters. The van der Waals surface area contributed by atoms with Gasteiger partial charge in [0.05, 0.1) is 23.7 Å². The molecule has 18 heavy (non-hydrogen) atoms. The summed E-state index contributed by atoms with van der Waals surface area (Å²) in [5, 5.41) is 0. The third kappa shape index (κ3) is 2.82. The van der Waals surface area contributed by atoms with Crippen LogP contribution in [0.3, 0.4) is 0 Å². The Balaban J connectivity index is 2.27. The molecule has 1 aromatic rings. The summed E-state index contributed by atoms with van der Waals surface area (Å²) in [5.41, 5.74) is 5.91. The van der Waals surface area contributed by atoms with Gasteiger partial charge in [-0.1, -0.05) is 0 Å². The van der Waals surface area contributed by atoms with E-state index in [0.717, 1.165) is 23.4 Å². The van der Waals surface area contributed by atoms with Crippen molar-refractivity contribution in [3.63, 3.8) is 0 Å². The fourth-order valence-corrected chi connectivity index (χ4v) is 2.98. The third-order valence-corrected chi connectivity index (χ3v) is 5.01. The van der Waals surface area contributed by atoms with Crippen molar-refractivity contribution in [3.8, 4) is 0 Å². The van der Waals surface area contributed by atoms with Gasteiger partial charge in [0, 0.05) is 18.6 Å². The first-order valence-electron chi connectivity index (χ1n) is 5.95. The normalized spacial score (nSPS) is 22.1. The van der Waals surface area contributed by atoms with E-state index in [1.807, 2.05) is 6.07 Å². The Labute approximate surface area is 124 Å². The maximum Gasteiger partial charge on any atom is 0.183 e. The molecule has 1 aliphatic heterocycles. The summed E-state index contributed by atoms with van der Waals surface area (Å²) >= 11 is 6.81. The van der Waals surface area contributed by atoms with E-state index in [1.165, 1.54) is 0 Å². The van der Waals surface area contributed by atoms with Crippen LogP contribution in [0.4, 0.5) is 0 Å². The SMILES string of the molecule is CC1(C)COCCN1C(CN)c1cc(Br)c(Br)o1. The topological polar surface area (TPSA) is 51.6 Å². The molecule has 6 heteroatoms. The predicted octanol–water partition coefficient (Wildman–Crippen LogP) is 2.92. The number of nitrogens with two attached hydrogens (primary N) is 1. The Morgan fingerprint density at radius 1 is 1.50 bits per heavy atom. The number of hydrogen-bond acceptors (Lipinski definition) is 4. The molecule has 1 unspecified atom stereocenters. The molecule has 0 aromatic carbocycles. The second-order valence-electron chi connectivity index (χ2n) is 5.08. The highest BCUT2D eigenvalue weighted by atomic mass is 79.9. The highest BCUT2D eigenvalue weighted by Crippen LogP contribution is 2.35. The van der Waals surface area contributed by atoms with Gasteiger partial charge in [-0.2, -0.15) is 0 Å². The molecule has 2 heterocycles. The molecule has 2 rings (SSSR count). The summed E-state index contributed by atoms with van der Waals surface area (Å²) < 4.78 is 12.9. The van der Waals surface area contributed by atoms with Gasteiger partial charge < -0.3 is 14.9 Å². The van der Waals surface area contributed by atoms with Crippen LogP contribution >= 0.6 is 31.9 Å². The van der Waals surface area contributed by atoms with Crippen LogP contribution in [-0.2, 0) is 4.74 Å². The zero-order valence-corrected chi connectivity index (χ0v) is 13.8. The highest BCUT2D eigenvalue weighted by molar-refractivity contribution is 9.13. The maximum absolute atomic E-state index is 5.94. The van der Waals surface area contributed by atoms with Crippen LogP contribution in [0, 0.1) is 0 Å². The summed E-state index contributed by atoms with van der Waals surface area (Å²) in [4.78, 5) is 2.36. The van der Waals surface area contributed by atoms with E-state index in [9.17, 15) is 0 Å². The van der Waals surface area contributed by atoms with Crippen LogP contribution in [0.15, 0.2) is 19.6 Å². The number of furan rings is 1. The zero-order valence-electron chi connectivity index (χ0n) is 10.6. The molecule has 4 nitrogen and oxygen atoms in total. The van der Waals surface area contributed by atoms with Crippen LogP contribution in [0.2, 0.25) is 0 Å². The summed E-state index contributed by atoms with van der Waals surface area (Å²) in [5.74, 6) is 0.881. The van der Waals surface area contributed by atoms with E-state index in [1.54, 1.807) is 0 Å². The maximum atomic E-state index is 5.94. The Bertz CT molecular complexity index is 401. The van der Waals surface area contributed by atoms with Crippen LogP contribution in [0.1, 0.15) is 25.6 Å². The lowest BCUT2D eigenvalue weighted by Gasteiger charge is -2.45. The molecular weight excluding hydrogens is 364 g/mol. The molecule has 102 valence electrons. The molecular formula is C12H18Br2N2O2. The number of nitrogens with zero attached hydrogens (tertiary/aromatic N) is 1. The van der Waals surface area contributed by atoms with Gasteiger partial charge in [-0.25, -0.2) is 0 Å². The third-order valence-electron chi connectivity index (χ3n) is 3.30. The lowest BCUT2D eigenvalue weighted by Crippen LogP contribution is -2.55. The number of rotatable bonds is 3. The summed E-state index contributed by atoms with van der Waals surface area (Å²) in [7, 11) is 0. The first-order valence-corrected chi connectivity index (χ1v) is 7.53. The molecule has 0 aliphatic carbocycles. The van der Waals surface area contributed by atoms with E-state index in [4.69, 9.17) is 14.9 Å². The minimum atomic E-state index is -0.0337. The molecule has 2 N–H and O–H groups in total. The second kappa shape index (κ2) is 5.63. The van der Waals surface area contributed by atoms with Gasteiger partial charge in [0.15, 0.2) is 4.67 Å². The van der Waals surface area contributed by atoms with E-state index >= 15 is 0 Å². The van der Waals surface area contributed by atoms with Crippen LogP contribution in [0.5, 0.6) is 0 Å². The fraction of sp³-hybridized carbons (Fsp3) is 0.667. The van der Waals surface area contributed by atoms with E-state index in [0.29, 0.717) is 17.8 Å². The van der Waals surface area contributed by atoms with E-state index < -0.39 is 0 Å². The van der Waals surface area contributed by atoms with Crippen molar-refractivity contribution < 1.29 is 9.15 Å². The van der Waals surface area contributed by atoms with Crippen molar-refractivity contribution in [2.24, 2.45) is 5.73 Å². The Morgan fingerprint density at radius 2 is 2.22 bits per heavy atom. The fourth-order valence-electron chi connectivity index (χ4n) is 2.37. The Hall–Kier alpha value is 0.120. The van der Waals surface area contributed by atoms with Gasteiger partial charge in [0.1, 0.15) is 5.76 Å². The van der Waals surface area contributed by atoms with Crippen molar-refractivity contribution in [1.29, 1.82) is 0 Å². The zero-order chi connectivity index (χ0) is 13.3. The van der Waals surface area contributed by atoms with Crippen LogP contribution in [0.25, 0.3) is 0 Å². The molecule has 1 fully saturated rings. The second-order valence-corrected chi connectivity index (χ2v) is 6.65. The van der Waals surface area contributed by atoms with Gasteiger partial charge in [-0.15, -0.1) is 0 Å². The standard InChI is InChI=1S/C12H18Br2N2O2/c1-12(2)7-17-4-3-16(12)9(6-15)10-5-8(13)11(14)18-10/h5,9H,3-4,6-7,15H2,1-2H3. The van der Waals surface area contributed by atoms with Gasteiger partial charge in [-0.3, -0.25) is 4.90 Å². The highest BCUT2D eigenvalue weighted by Gasteiger charge is 2.37. The minimum Gasteiger partial charge on any atom is -0.451 e. The first kappa shape index (κ1) is 14.5. The molecule has 0 saturated carbocycles. The van der Waals surface area contributed by atoms with Gasteiger partial charge in [-0.05, 0) is 51.8 Å². The average Bonchev–Trinajstić information content (AvgIpc) is 2.62. The molecule has 0 spiro atoms. The number of halogens is 2. The monoisotopic (exact) mass is 380 g/mol. The van der Waals surface area contributed by atoms with Gasteiger partial charge in [0.2, 0.25) is 0 Å². The largest absolute Gasteiger partial charge is 0.451 e. The molecule has 0 amide bonds. The Morgan fingerprint density at radius 3 is 2.72 bits per heavy atom. The van der Waals surface area contributed by atoms with E-state index in [2.05, 4.69) is 50.6 Å². The predicted molar refractivity (Wildman–Crippen MR) is 77.5 cm³/mol. The smallest absolute Gasteiger partial charge is 0.183 e. The molecule has 1 aromatic heterocycles. The van der Waals surface area contributed by atoms with Gasteiger partial charge in [0.25, 0.3) is 0 Å². The van der Waals surface area contributed by atoms with Crippen molar-refractivity contribution in [1.82, 2.24) is 4.90 Å². The summed E-state index contributed by atoms with van der Waals surface area (Å²) in [6, 6.07) is 2.05. The van der Waals surface area contributed by atoms with Crippen molar-refractivity contribution in [2.45, 2.75) is 25.4 Å². The number of ether oxygens (including phenoxy) is 1. The molecule has 1 saturated heterocycles. The first-order chi connectivity index (χ1) is 8.45. The molecule has 1 aliphatic rings. The van der Waals surface area contributed by atoms with Crippen LogP contribution in [-0.4, -0.2) is 36.7 Å². The van der Waals surface area contributed by atoms with Crippen molar-refractivity contribution in [2.75, 3.05) is 26.3 Å². The average molecular weight is 382 g/mol. The van der Waals surface area contributed by atoms with Crippen LogP contribution < -0.4 is 5.73 Å². The quantitative estimate of drug-likeness (QED) is 0.874. The summed E-state index contributed by atoms with van der Waals surface area (Å²) in [6.07, 6.45) is 0. The number of hydrogen-bond donors (Lipinski definition) is 1. The van der Waals surface area contributed by atoms with E-state index in [-0.39, 0.29) is 11.6 Å². The lowest BCUT2D eigenvalue weighted by atomic mass is 9.98. The molecule has 0 bridgehead atoms. The van der Waals surface area contributed by atoms with Crippen molar-refractivity contribution >= 4 is 31.9 Å². The molecule has 0 radical (unpaired) electrons. The minimum absolute atomic E-state index is 0.0337. The van der Waals surface area contributed by atoms with Crippen molar-refractivity contribution in [3.05, 3.63) is 21.0 Å².